The standard InChI is InChI=1S/C34H56F2N8O3S/c1-6-26(45)42-16-20(5)43(17-19(42)4)31-21-15-23(36)29-27-22(35)9-7-10-24(27)41(33(37)46)13-8-14-48-25-11-12-38-28(18(2)3)30(25)44(32(21)39-29)34(47)40-31/h6,18-25,27-32,38-39H,1,7-17H2,2-5H3,(H2,37,46)(H,40,47)/t19-,20+,21?,22?,23?,24?,25?,27?,28?,29?,30?,31?,32?/m1/s1. The molecular formula is C34H56F2N8O3S. The van der Waals surface area contributed by atoms with Crippen molar-refractivity contribution >= 4 is 29.7 Å². The van der Waals surface area contributed by atoms with Gasteiger partial charge in [-0.05, 0) is 76.7 Å². The average Bonchev–Trinajstić information content (AvgIpc) is 3.05. The fourth-order valence-corrected chi connectivity index (χ4v) is 11.3. The molecule has 6 rings (SSSR count). The van der Waals surface area contributed by atoms with Gasteiger partial charge < -0.3 is 31.1 Å². The van der Waals surface area contributed by atoms with Gasteiger partial charge in [0.15, 0.2) is 0 Å². The number of fused-ring (bicyclic) bond motifs is 5. The summed E-state index contributed by atoms with van der Waals surface area (Å²) in [5, 5.41) is 10.8. The molecule has 6 fully saturated rings. The number of piperidine rings is 2. The molecule has 5 amide bonds. The van der Waals surface area contributed by atoms with Gasteiger partial charge in [-0.2, -0.15) is 11.8 Å². The van der Waals surface area contributed by atoms with Crippen molar-refractivity contribution in [1.29, 1.82) is 0 Å². The highest BCUT2D eigenvalue weighted by atomic mass is 32.2. The van der Waals surface area contributed by atoms with Crippen LogP contribution < -0.4 is 21.7 Å². The number of primary amides is 1. The number of urea groups is 2. The molecule has 0 radical (unpaired) electrons. The Kier molecular flexibility index (Phi) is 10.8. The van der Waals surface area contributed by atoms with E-state index in [2.05, 4.69) is 41.3 Å². The van der Waals surface area contributed by atoms with E-state index in [0.29, 0.717) is 45.3 Å². The molecular weight excluding hydrogens is 638 g/mol. The van der Waals surface area contributed by atoms with Crippen LogP contribution in [0.15, 0.2) is 12.7 Å². The molecule has 0 spiro atoms. The van der Waals surface area contributed by atoms with Gasteiger partial charge in [0.2, 0.25) is 5.91 Å². The van der Waals surface area contributed by atoms with Crippen LogP contribution in [0, 0.1) is 17.8 Å². The summed E-state index contributed by atoms with van der Waals surface area (Å²) in [6.07, 6.45) is 0.761. The third-order valence-electron chi connectivity index (χ3n) is 12.1. The maximum absolute atomic E-state index is 16.9. The molecule has 0 aromatic rings. The molecule has 5 aliphatic heterocycles. The van der Waals surface area contributed by atoms with E-state index >= 15 is 8.78 Å². The van der Waals surface area contributed by atoms with E-state index in [1.165, 1.54) is 6.08 Å². The third kappa shape index (κ3) is 6.55. The van der Waals surface area contributed by atoms with Crippen molar-refractivity contribution in [3.63, 3.8) is 0 Å². The zero-order valence-electron chi connectivity index (χ0n) is 28.9. The van der Waals surface area contributed by atoms with Gasteiger partial charge in [0.1, 0.15) is 12.3 Å². The number of hydrogen-bond acceptors (Lipinski definition) is 7. The van der Waals surface area contributed by atoms with Gasteiger partial charge in [-0.3, -0.25) is 15.0 Å². The first-order valence-electron chi connectivity index (χ1n) is 18.2. The fourth-order valence-electron chi connectivity index (χ4n) is 9.91. The van der Waals surface area contributed by atoms with E-state index in [1.54, 1.807) is 9.80 Å². The lowest BCUT2D eigenvalue weighted by atomic mass is 9.72. The zero-order valence-corrected chi connectivity index (χ0v) is 29.7. The Labute approximate surface area is 288 Å². The molecule has 14 heteroatoms. The summed E-state index contributed by atoms with van der Waals surface area (Å²) in [4.78, 5) is 47.7. The number of alkyl halides is 2. The fraction of sp³-hybridized carbons (Fsp3) is 0.853. The summed E-state index contributed by atoms with van der Waals surface area (Å²) in [7, 11) is 0. The number of halogens is 2. The number of rotatable bonds is 3. The van der Waals surface area contributed by atoms with Crippen molar-refractivity contribution in [3.05, 3.63) is 12.7 Å². The second-order valence-electron chi connectivity index (χ2n) is 15.3. The first-order valence-corrected chi connectivity index (χ1v) is 19.2. The molecule has 0 aromatic carbocycles. The Balaban J connectivity index is 1.42. The van der Waals surface area contributed by atoms with Gasteiger partial charge in [0.05, 0.1) is 18.4 Å². The Morgan fingerprint density at radius 1 is 1.04 bits per heavy atom. The van der Waals surface area contributed by atoms with E-state index in [0.717, 1.165) is 18.7 Å². The first kappa shape index (κ1) is 35.7. The van der Waals surface area contributed by atoms with Crippen molar-refractivity contribution < 1.29 is 23.2 Å². The minimum absolute atomic E-state index is 0.0126. The van der Waals surface area contributed by atoms with Gasteiger partial charge in [0.25, 0.3) is 0 Å². The van der Waals surface area contributed by atoms with Gasteiger partial charge >= 0.3 is 12.1 Å². The van der Waals surface area contributed by atoms with Crippen molar-refractivity contribution in [2.75, 3.05) is 31.9 Å². The van der Waals surface area contributed by atoms with Crippen LogP contribution in [-0.2, 0) is 4.79 Å². The molecule has 11 unspecified atom stereocenters. The monoisotopic (exact) mass is 694 g/mol. The van der Waals surface area contributed by atoms with Crippen molar-refractivity contribution in [2.24, 2.45) is 23.5 Å². The summed E-state index contributed by atoms with van der Waals surface area (Å²) >= 11 is 1.83. The molecule has 270 valence electrons. The Morgan fingerprint density at radius 2 is 1.81 bits per heavy atom. The molecule has 2 bridgehead atoms. The lowest BCUT2D eigenvalue weighted by Crippen LogP contribution is -2.80. The summed E-state index contributed by atoms with van der Waals surface area (Å²) in [5.74, 6) is -0.261. The molecule has 11 nitrogen and oxygen atoms in total. The summed E-state index contributed by atoms with van der Waals surface area (Å²) in [6.45, 7) is 14.2. The van der Waals surface area contributed by atoms with Crippen LogP contribution in [0.4, 0.5) is 18.4 Å². The molecule has 5 saturated heterocycles. The lowest BCUT2D eigenvalue weighted by Gasteiger charge is -2.60. The van der Waals surface area contributed by atoms with Crippen LogP contribution in [0.1, 0.15) is 66.2 Å². The number of thioether (sulfide) groups is 1. The van der Waals surface area contributed by atoms with Crippen LogP contribution in [0.5, 0.6) is 0 Å². The van der Waals surface area contributed by atoms with Crippen molar-refractivity contribution in [1.82, 2.24) is 35.6 Å². The van der Waals surface area contributed by atoms with E-state index in [9.17, 15) is 14.4 Å². The van der Waals surface area contributed by atoms with E-state index in [-0.39, 0.29) is 59.6 Å². The van der Waals surface area contributed by atoms with Gasteiger partial charge in [0, 0.05) is 66.9 Å². The third-order valence-corrected chi connectivity index (χ3v) is 13.6. The first-order chi connectivity index (χ1) is 22.9. The van der Waals surface area contributed by atoms with Gasteiger partial charge in [-0.15, -0.1) is 0 Å². The van der Waals surface area contributed by atoms with Crippen molar-refractivity contribution in [3.8, 4) is 0 Å². The number of hydrogen-bond donors (Lipinski definition) is 4. The second-order valence-corrected chi connectivity index (χ2v) is 16.7. The van der Waals surface area contributed by atoms with Crippen molar-refractivity contribution in [2.45, 2.75) is 132 Å². The molecule has 13 atom stereocenters. The highest BCUT2D eigenvalue weighted by Gasteiger charge is 2.58. The minimum atomic E-state index is -1.40. The predicted octanol–water partition coefficient (Wildman–Crippen LogP) is 2.87. The molecule has 6 aliphatic rings. The van der Waals surface area contributed by atoms with Gasteiger partial charge in [-0.1, -0.05) is 20.4 Å². The Hall–Kier alpha value is -2.16. The smallest absolute Gasteiger partial charge is 0.320 e. The number of carbonyl (C=O) groups is 3. The Bertz CT molecular complexity index is 1220. The largest absolute Gasteiger partial charge is 0.351 e. The molecule has 48 heavy (non-hydrogen) atoms. The van der Waals surface area contributed by atoms with Crippen LogP contribution in [0.25, 0.3) is 0 Å². The number of amides is 5. The molecule has 1 aliphatic carbocycles. The lowest BCUT2D eigenvalue weighted by molar-refractivity contribution is -0.136. The highest BCUT2D eigenvalue weighted by Crippen LogP contribution is 2.44. The van der Waals surface area contributed by atoms with Gasteiger partial charge in [-0.25, -0.2) is 18.4 Å². The van der Waals surface area contributed by atoms with Crippen LogP contribution in [0.2, 0.25) is 0 Å². The number of carbonyl (C=O) groups excluding carboxylic acids is 3. The number of nitrogens with one attached hydrogen (secondary N) is 3. The number of nitrogens with zero attached hydrogens (tertiary/aromatic N) is 4. The molecule has 1 saturated carbocycles. The van der Waals surface area contributed by atoms with Crippen LogP contribution in [-0.4, -0.2) is 136 Å². The number of piperazine rings is 1. The van der Waals surface area contributed by atoms with E-state index in [4.69, 9.17) is 5.73 Å². The minimum Gasteiger partial charge on any atom is -0.351 e. The van der Waals surface area contributed by atoms with Crippen LogP contribution >= 0.6 is 11.8 Å². The van der Waals surface area contributed by atoms with Crippen LogP contribution in [0.3, 0.4) is 0 Å². The quantitative estimate of drug-likeness (QED) is 0.335. The maximum atomic E-state index is 16.9. The highest BCUT2D eigenvalue weighted by molar-refractivity contribution is 7.99. The summed E-state index contributed by atoms with van der Waals surface area (Å²) in [6, 6.07) is -2.59. The summed E-state index contributed by atoms with van der Waals surface area (Å²) in [5.41, 5.74) is 5.95. The van der Waals surface area contributed by atoms with E-state index < -0.39 is 48.7 Å². The number of nitrogens with two attached hydrogens (primary N) is 1. The molecule has 5 N–H and O–H groups in total. The molecule has 5 heterocycles. The second kappa shape index (κ2) is 14.6. The summed E-state index contributed by atoms with van der Waals surface area (Å²) < 4.78 is 33.1. The predicted molar refractivity (Wildman–Crippen MR) is 184 cm³/mol. The van der Waals surface area contributed by atoms with E-state index in [1.807, 2.05) is 30.5 Å². The normalized spacial score (nSPS) is 42.8. The Morgan fingerprint density at radius 3 is 2.52 bits per heavy atom. The maximum Gasteiger partial charge on any atom is 0.320 e. The topological polar surface area (TPSA) is 126 Å². The zero-order chi connectivity index (χ0) is 34.4. The molecule has 0 aromatic heterocycles. The SMILES string of the molecule is C=CC(=O)N1C[C@H](C)N(C2NC(=O)N3C4NC(C(F)CC42)C2C(F)CCCC2N(C(N)=O)CCCSC2CCNC(C(C)C)C23)C[C@H]1C. The average molecular weight is 695 g/mol.